The molecular formula is C26H27NO4S. The van der Waals surface area contributed by atoms with Gasteiger partial charge in [0, 0.05) is 11.3 Å². The maximum absolute atomic E-state index is 12.9. The lowest BCUT2D eigenvalue weighted by molar-refractivity contribution is -0.140. The van der Waals surface area contributed by atoms with Crippen LogP contribution in [0.3, 0.4) is 0 Å². The number of carbonyl (C=O) groups excluding carboxylic acids is 2. The summed E-state index contributed by atoms with van der Waals surface area (Å²) >= 11 is 1.46. The minimum absolute atomic E-state index is 0.217. The number of esters is 1. The Morgan fingerprint density at radius 2 is 1.47 bits per heavy atom. The van der Waals surface area contributed by atoms with Crippen molar-refractivity contribution in [1.29, 1.82) is 0 Å². The summed E-state index contributed by atoms with van der Waals surface area (Å²) in [6.07, 6.45) is 0.509. The van der Waals surface area contributed by atoms with Crippen LogP contribution in [0.2, 0.25) is 0 Å². The number of methoxy groups -OCH3 is 2. The number of benzene rings is 3. The summed E-state index contributed by atoms with van der Waals surface area (Å²) in [6.45, 7) is 0. The first-order valence-corrected chi connectivity index (χ1v) is 11.4. The molecule has 0 aromatic heterocycles. The maximum Gasteiger partial charge on any atom is 0.320 e. The molecule has 0 spiro atoms. The molecule has 0 aliphatic heterocycles. The molecule has 0 saturated carbocycles. The van der Waals surface area contributed by atoms with Crippen LogP contribution in [0.1, 0.15) is 21.5 Å². The highest BCUT2D eigenvalue weighted by Gasteiger charge is 2.31. The average Bonchev–Trinajstić information content (AvgIpc) is 2.85. The van der Waals surface area contributed by atoms with E-state index in [1.165, 1.54) is 18.9 Å². The number of hydrogen-bond acceptors (Lipinski definition) is 5. The highest BCUT2D eigenvalue weighted by atomic mass is 32.2. The van der Waals surface area contributed by atoms with Gasteiger partial charge in [0.05, 0.1) is 20.3 Å². The number of amides is 1. The quantitative estimate of drug-likeness (QED) is 0.462. The van der Waals surface area contributed by atoms with Gasteiger partial charge < -0.3 is 14.8 Å². The predicted molar refractivity (Wildman–Crippen MR) is 128 cm³/mol. The van der Waals surface area contributed by atoms with Crippen LogP contribution in [0.5, 0.6) is 5.75 Å². The topological polar surface area (TPSA) is 64.6 Å². The van der Waals surface area contributed by atoms with Crippen molar-refractivity contribution in [3.8, 4) is 5.75 Å². The van der Waals surface area contributed by atoms with Crippen molar-refractivity contribution in [3.63, 3.8) is 0 Å². The van der Waals surface area contributed by atoms with Crippen LogP contribution >= 0.6 is 11.8 Å². The number of ether oxygens (including phenoxy) is 2. The lowest BCUT2D eigenvalue weighted by Gasteiger charge is -2.26. The third-order valence-corrected chi connectivity index (χ3v) is 6.42. The lowest BCUT2D eigenvalue weighted by Crippen LogP contribution is -2.47. The summed E-state index contributed by atoms with van der Waals surface area (Å²) in [5.41, 5.74) is 2.64. The van der Waals surface area contributed by atoms with Crippen LogP contribution in [0, 0.1) is 0 Å². The molecule has 0 heterocycles. The highest BCUT2D eigenvalue weighted by molar-refractivity contribution is 7.99. The third-order valence-electron chi connectivity index (χ3n) is 5.04. The van der Waals surface area contributed by atoms with E-state index in [0.717, 1.165) is 16.9 Å². The molecule has 6 heteroatoms. The smallest absolute Gasteiger partial charge is 0.320 e. The van der Waals surface area contributed by atoms with Gasteiger partial charge in [-0.15, -0.1) is 11.8 Å². The highest BCUT2D eigenvalue weighted by Crippen LogP contribution is 2.25. The number of nitrogens with one attached hydrogen (secondary N) is 1. The standard InChI is InChI=1S/C26H27NO4S/c1-30-22-15-13-20(14-16-22)18-32-24(26(29)31-2)23(17-19-9-5-3-6-10-19)27-25(28)21-11-7-4-8-12-21/h3-16,23-24H,17-18H2,1-2H3,(H,27,28)/t23?,24-/m0/s1. The van der Waals surface area contributed by atoms with E-state index >= 15 is 0 Å². The summed E-state index contributed by atoms with van der Waals surface area (Å²) < 4.78 is 10.3. The second-order valence-corrected chi connectivity index (χ2v) is 8.37. The Bertz CT molecular complexity index is 993. The fourth-order valence-electron chi connectivity index (χ4n) is 3.32. The monoisotopic (exact) mass is 449 g/mol. The van der Waals surface area contributed by atoms with Gasteiger partial charge in [0.1, 0.15) is 11.0 Å². The first-order valence-electron chi connectivity index (χ1n) is 10.3. The molecule has 0 bridgehead atoms. The van der Waals surface area contributed by atoms with Gasteiger partial charge in [-0.2, -0.15) is 0 Å². The van der Waals surface area contributed by atoms with Crippen LogP contribution in [-0.2, 0) is 21.7 Å². The number of rotatable bonds is 10. The molecule has 0 aliphatic rings. The number of hydrogen-bond donors (Lipinski definition) is 1. The van der Waals surface area contributed by atoms with Crippen LogP contribution in [-0.4, -0.2) is 37.4 Å². The molecule has 2 atom stereocenters. The second kappa shape index (κ2) is 12.0. The first-order chi connectivity index (χ1) is 15.6. The van der Waals surface area contributed by atoms with E-state index in [9.17, 15) is 9.59 Å². The van der Waals surface area contributed by atoms with Gasteiger partial charge in [-0.05, 0) is 41.8 Å². The normalized spacial score (nSPS) is 12.4. The summed E-state index contributed by atoms with van der Waals surface area (Å²) in [5, 5.41) is 2.50. The largest absolute Gasteiger partial charge is 0.497 e. The summed E-state index contributed by atoms with van der Waals surface area (Å²) in [4.78, 5) is 25.7. The van der Waals surface area contributed by atoms with E-state index in [-0.39, 0.29) is 11.9 Å². The molecule has 1 unspecified atom stereocenters. The second-order valence-electron chi connectivity index (χ2n) is 7.24. The molecule has 3 rings (SSSR count). The van der Waals surface area contributed by atoms with Crippen molar-refractivity contribution in [3.05, 3.63) is 102 Å². The molecule has 5 nitrogen and oxygen atoms in total. The zero-order valence-corrected chi connectivity index (χ0v) is 19.0. The minimum atomic E-state index is -0.574. The molecular weight excluding hydrogens is 422 g/mol. The summed E-state index contributed by atoms with van der Waals surface area (Å²) in [5.74, 6) is 0.791. The molecule has 1 amide bonds. The number of carbonyl (C=O) groups is 2. The van der Waals surface area contributed by atoms with Gasteiger partial charge in [0.25, 0.3) is 5.91 Å². The molecule has 1 N–H and O–H groups in total. The molecule has 0 aliphatic carbocycles. The van der Waals surface area contributed by atoms with Crippen LogP contribution in [0.25, 0.3) is 0 Å². The molecule has 3 aromatic carbocycles. The van der Waals surface area contributed by atoms with E-state index in [4.69, 9.17) is 9.47 Å². The summed E-state index contributed by atoms with van der Waals surface area (Å²) in [7, 11) is 3.00. The van der Waals surface area contributed by atoms with E-state index in [1.54, 1.807) is 19.2 Å². The van der Waals surface area contributed by atoms with E-state index in [2.05, 4.69) is 5.32 Å². The SMILES string of the molecule is COC(=O)[C@@H](SCc1ccc(OC)cc1)C(Cc1ccccc1)NC(=O)c1ccccc1. The fourth-order valence-corrected chi connectivity index (χ4v) is 4.51. The van der Waals surface area contributed by atoms with Crippen LogP contribution in [0.15, 0.2) is 84.9 Å². The molecule has 0 radical (unpaired) electrons. The molecule has 0 saturated heterocycles. The van der Waals surface area contributed by atoms with Gasteiger partial charge >= 0.3 is 5.97 Å². The summed E-state index contributed by atoms with van der Waals surface area (Å²) in [6, 6.07) is 26.1. The lowest BCUT2D eigenvalue weighted by atomic mass is 10.0. The minimum Gasteiger partial charge on any atom is -0.497 e. The molecule has 166 valence electrons. The Hall–Kier alpha value is -3.25. The van der Waals surface area contributed by atoms with Crippen molar-refractivity contribution in [2.45, 2.75) is 23.5 Å². The van der Waals surface area contributed by atoms with Crippen molar-refractivity contribution < 1.29 is 19.1 Å². The number of thioether (sulfide) groups is 1. The van der Waals surface area contributed by atoms with Crippen molar-refractivity contribution in [2.24, 2.45) is 0 Å². The molecule has 3 aromatic rings. The van der Waals surface area contributed by atoms with Gasteiger partial charge in [-0.25, -0.2) is 0 Å². The molecule has 32 heavy (non-hydrogen) atoms. The Labute approximate surface area is 193 Å². The van der Waals surface area contributed by atoms with Gasteiger partial charge in [0.15, 0.2) is 0 Å². The zero-order valence-electron chi connectivity index (χ0n) is 18.2. The Morgan fingerprint density at radius 3 is 2.06 bits per heavy atom. The van der Waals surface area contributed by atoms with Crippen molar-refractivity contribution in [1.82, 2.24) is 5.32 Å². The average molecular weight is 450 g/mol. The van der Waals surface area contributed by atoms with E-state index in [1.807, 2.05) is 72.8 Å². The van der Waals surface area contributed by atoms with Crippen molar-refractivity contribution in [2.75, 3.05) is 14.2 Å². The Kier molecular flexibility index (Phi) is 8.75. The predicted octanol–water partition coefficient (Wildman–Crippen LogP) is 4.51. The van der Waals surface area contributed by atoms with E-state index < -0.39 is 11.3 Å². The van der Waals surface area contributed by atoms with Gasteiger partial charge in [0.2, 0.25) is 0 Å². The van der Waals surface area contributed by atoms with Crippen molar-refractivity contribution >= 4 is 23.6 Å². The fraction of sp³-hybridized carbons (Fsp3) is 0.231. The van der Waals surface area contributed by atoms with Gasteiger partial charge in [-0.1, -0.05) is 60.7 Å². The third kappa shape index (κ3) is 6.62. The maximum atomic E-state index is 12.9. The van der Waals surface area contributed by atoms with Crippen LogP contribution < -0.4 is 10.1 Å². The Balaban J connectivity index is 1.82. The van der Waals surface area contributed by atoms with Gasteiger partial charge in [-0.3, -0.25) is 9.59 Å². The van der Waals surface area contributed by atoms with Crippen LogP contribution in [0.4, 0.5) is 0 Å². The Morgan fingerprint density at radius 1 is 0.844 bits per heavy atom. The van der Waals surface area contributed by atoms with E-state index in [0.29, 0.717) is 17.7 Å². The zero-order chi connectivity index (χ0) is 22.8. The molecule has 0 fully saturated rings. The first kappa shape index (κ1) is 23.4.